The molecule has 2 amide bonds. The SMILES string of the molecule is CC(C)(C)OC(=O)NC[C@H]1CN(c2ccc(N3CCCCC3)c(F)c2)C(=O)O1. The Kier molecular flexibility index (Phi) is 5.96. The molecule has 1 aromatic carbocycles. The second kappa shape index (κ2) is 8.24. The fourth-order valence-corrected chi connectivity index (χ4v) is 3.40. The van der Waals surface area contributed by atoms with E-state index in [4.69, 9.17) is 9.47 Å². The van der Waals surface area contributed by atoms with Crippen LogP contribution in [-0.4, -0.2) is 50.1 Å². The van der Waals surface area contributed by atoms with Crippen LogP contribution in [0, 0.1) is 5.82 Å². The minimum atomic E-state index is -0.601. The van der Waals surface area contributed by atoms with Crippen LogP contribution >= 0.6 is 0 Å². The monoisotopic (exact) mass is 393 g/mol. The molecule has 2 fully saturated rings. The van der Waals surface area contributed by atoms with Gasteiger partial charge in [-0.05, 0) is 58.2 Å². The standard InChI is InChI=1S/C20H28FN3O4/c1-20(2,3)28-18(25)22-12-15-13-24(19(26)27-15)14-7-8-17(16(21)11-14)23-9-5-4-6-10-23/h7-8,11,15H,4-6,9-10,12-13H2,1-3H3,(H,22,25)/t15-/m0/s1. The Hall–Kier alpha value is -2.51. The summed E-state index contributed by atoms with van der Waals surface area (Å²) in [5, 5.41) is 2.59. The van der Waals surface area contributed by atoms with Gasteiger partial charge in [0.25, 0.3) is 0 Å². The van der Waals surface area contributed by atoms with Gasteiger partial charge in [-0.25, -0.2) is 14.0 Å². The Balaban J connectivity index is 1.59. The van der Waals surface area contributed by atoms with Gasteiger partial charge in [0, 0.05) is 13.1 Å². The number of hydrogen-bond acceptors (Lipinski definition) is 5. The van der Waals surface area contributed by atoms with Gasteiger partial charge in [0.1, 0.15) is 17.5 Å². The van der Waals surface area contributed by atoms with Crippen molar-refractivity contribution in [2.75, 3.05) is 36.0 Å². The minimum absolute atomic E-state index is 0.130. The summed E-state index contributed by atoms with van der Waals surface area (Å²) in [5.74, 6) is -0.345. The lowest BCUT2D eigenvalue weighted by Crippen LogP contribution is -2.38. The molecule has 1 N–H and O–H groups in total. The van der Waals surface area contributed by atoms with Crippen LogP contribution in [0.1, 0.15) is 40.0 Å². The molecule has 1 aromatic rings. The highest BCUT2D eigenvalue weighted by Gasteiger charge is 2.33. The number of ether oxygens (including phenoxy) is 2. The molecule has 2 saturated heterocycles. The molecule has 0 aliphatic carbocycles. The number of nitrogens with one attached hydrogen (secondary N) is 1. The van der Waals surface area contributed by atoms with Crippen LogP contribution in [0.3, 0.4) is 0 Å². The summed E-state index contributed by atoms with van der Waals surface area (Å²) < 4.78 is 25.1. The largest absolute Gasteiger partial charge is 0.444 e. The van der Waals surface area contributed by atoms with Gasteiger partial charge in [-0.15, -0.1) is 0 Å². The first-order valence-electron chi connectivity index (χ1n) is 9.72. The maximum atomic E-state index is 14.6. The lowest BCUT2D eigenvalue weighted by molar-refractivity contribution is 0.0496. The summed E-state index contributed by atoms with van der Waals surface area (Å²) in [6, 6.07) is 4.82. The molecule has 0 aromatic heterocycles. The lowest BCUT2D eigenvalue weighted by atomic mass is 10.1. The van der Waals surface area contributed by atoms with Crippen molar-refractivity contribution < 1.29 is 23.5 Å². The van der Waals surface area contributed by atoms with Crippen LogP contribution in [0.2, 0.25) is 0 Å². The van der Waals surface area contributed by atoms with Crippen molar-refractivity contribution in [2.24, 2.45) is 0 Å². The van der Waals surface area contributed by atoms with E-state index in [0.29, 0.717) is 11.4 Å². The second-order valence-electron chi connectivity index (χ2n) is 8.18. The number of alkyl carbamates (subject to hydrolysis) is 1. The highest BCUT2D eigenvalue weighted by Crippen LogP contribution is 2.29. The number of piperidine rings is 1. The first-order valence-corrected chi connectivity index (χ1v) is 9.72. The van der Waals surface area contributed by atoms with Gasteiger partial charge in [-0.1, -0.05) is 0 Å². The average Bonchev–Trinajstić information content (AvgIpc) is 3.00. The van der Waals surface area contributed by atoms with Gasteiger partial charge >= 0.3 is 12.2 Å². The Morgan fingerprint density at radius 3 is 2.64 bits per heavy atom. The molecule has 0 spiro atoms. The number of hydrogen-bond donors (Lipinski definition) is 1. The maximum Gasteiger partial charge on any atom is 0.414 e. The zero-order valence-electron chi connectivity index (χ0n) is 16.7. The van der Waals surface area contributed by atoms with Crippen LogP contribution in [0.5, 0.6) is 0 Å². The molecule has 154 valence electrons. The van der Waals surface area contributed by atoms with Gasteiger partial charge in [-0.2, -0.15) is 0 Å². The Morgan fingerprint density at radius 2 is 2.00 bits per heavy atom. The van der Waals surface area contributed by atoms with E-state index in [1.54, 1.807) is 32.9 Å². The van der Waals surface area contributed by atoms with E-state index in [2.05, 4.69) is 5.32 Å². The fourth-order valence-electron chi connectivity index (χ4n) is 3.40. The zero-order chi connectivity index (χ0) is 20.3. The number of rotatable bonds is 4. The van der Waals surface area contributed by atoms with Crippen LogP contribution in [0.25, 0.3) is 0 Å². The van der Waals surface area contributed by atoms with E-state index < -0.39 is 23.9 Å². The van der Waals surface area contributed by atoms with Crippen molar-refractivity contribution in [1.29, 1.82) is 0 Å². The molecule has 0 unspecified atom stereocenters. The molecule has 2 aliphatic heterocycles. The van der Waals surface area contributed by atoms with Crippen LogP contribution in [-0.2, 0) is 9.47 Å². The van der Waals surface area contributed by atoms with E-state index >= 15 is 0 Å². The van der Waals surface area contributed by atoms with Crippen molar-refractivity contribution in [2.45, 2.75) is 51.7 Å². The molecular weight excluding hydrogens is 365 g/mol. The summed E-state index contributed by atoms with van der Waals surface area (Å²) in [4.78, 5) is 27.3. The van der Waals surface area contributed by atoms with E-state index in [0.717, 1.165) is 25.9 Å². The highest BCUT2D eigenvalue weighted by atomic mass is 19.1. The summed E-state index contributed by atoms with van der Waals surface area (Å²) in [5.41, 5.74) is 0.415. The number of amides is 2. The molecular formula is C20H28FN3O4. The van der Waals surface area contributed by atoms with Gasteiger partial charge in [0.2, 0.25) is 0 Å². The molecule has 2 aliphatic rings. The van der Waals surface area contributed by atoms with Crippen molar-refractivity contribution in [3.8, 4) is 0 Å². The summed E-state index contributed by atoms with van der Waals surface area (Å²) in [7, 11) is 0. The summed E-state index contributed by atoms with van der Waals surface area (Å²) >= 11 is 0. The Bertz CT molecular complexity index is 729. The van der Waals surface area contributed by atoms with Gasteiger partial charge < -0.3 is 19.7 Å². The molecule has 1 atom stereocenters. The third kappa shape index (κ3) is 5.05. The van der Waals surface area contributed by atoms with Crippen LogP contribution < -0.4 is 15.1 Å². The van der Waals surface area contributed by atoms with Crippen molar-refractivity contribution in [3.63, 3.8) is 0 Å². The molecule has 28 heavy (non-hydrogen) atoms. The number of benzene rings is 1. The maximum absolute atomic E-state index is 14.6. The number of cyclic esters (lactones) is 1. The number of nitrogens with zero attached hydrogens (tertiary/aromatic N) is 2. The van der Waals surface area contributed by atoms with E-state index in [9.17, 15) is 14.0 Å². The number of anilines is 2. The minimum Gasteiger partial charge on any atom is -0.444 e. The predicted octanol–water partition coefficient (Wildman–Crippen LogP) is 3.67. The van der Waals surface area contributed by atoms with Gasteiger partial charge in [0.05, 0.1) is 24.5 Å². The first-order chi connectivity index (χ1) is 13.2. The predicted molar refractivity (Wildman–Crippen MR) is 104 cm³/mol. The Morgan fingerprint density at radius 1 is 1.29 bits per heavy atom. The van der Waals surface area contributed by atoms with E-state index in [-0.39, 0.29) is 18.9 Å². The first kappa shape index (κ1) is 20.2. The summed E-state index contributed by atoms with van der Waals surface area (Å²) in [6.07, 6.45) is 1.65. The molecule has 0 radical (unpaired) electrons. The van der Waals surface area contributed by atoms with Crippen molar-refractivity contribution in [1.82, 2.24) is 5.32 Å². The molecule has 2 heterocycles. The molecule has 0 bridgehead atoms. The number of carbonyl (C=O) groups excluding carboxylic acids is 2. The van der Waals surface area contributed by atoms with E-state index in [1.807, 2.05) is 4.90 Å². The normalized spacial score (nSPS) is 20.1. The van der Waals surface area contributed by atoms with Crippen molar-refractivity contribution in [3.05, 3.63) is 24.0 Å². The fraction of sp³-hybridized carbons (Fsp3) is 0.600. The molecule has 0 saturated carbocycles. The van der Waals surface area contributed by atoms with Crippen LogP contribution in [0.15, 0.2) is 18.2 Å². The van der Waals surface area contributed by atoms with Crippen LogP contribution in [0.4, 0.5) is 25.4 Å². The van der Waals surface area contributed by atoms with Gasteiger partial charge in [-0.3, -0.25) is 4.90 Å². The average molecular weight is 393 g/mol. The molecule has 8 heteroatoms. The number of halogens is 1. The van der Waals surface area contributed by atoms with Crippen molar-refractivity contribution >= 4 is 23.6 Å². The third-order valence-electron chi connectivity index (χ3n) is 4.69. The molecule has 7 nitrogen and oxygen atoms in total. The topological polar surface area (TPSA) is 71.1 Å². The third-order valence-corrected chi connectivity index (χ3v) is 4.69. The number of carbonyl (C=O) groups is 2. The summed E-state index contributed by atoms with van der Waals surface area (Å²) in [6.45, 7) is 7.37. The quantitative estimate of drug-likeness (QED) is 0.845. The van der Waals surface area contributed by atoms with Gasteiger partial charge in [0.15, 0.2) is 0 Å². The Labute approximate surface area is 164 Å². The second-order valence-corrected chi connectivity index (χ2v) is 8.18. The zero-order valence-corrected chi connectivity index (χ0v) is 16.7. The highest BCUT2D eigenvalue weighted by molar-refractivity contribution is 5.90. The van der Waals surface area contributed by atoms with E-state index in [1.165, 1.54) is 17.4 Å². The molecule has 3 rings (SSSR count). The smallest absolute Gasteiger partial charge is 0.414 e. The lowest BCUT2D eigenvalue weighted by Gasteiger charge is -2.29.